The van der Waals surface area contributed by atoms with Gasteiger partial charge in [0, 0.05) is 58.4 Å². The van der Waals surface area contributed by atoms with E-state index >= 15 is 0 Å². The van der Waals surface area contributed by atoms with Crippen molar-refractivity contribution in [3.05, 3.63) is 35.4 Å². The fourth-order valence-corrected chi connectivity index (χ4v) is 4.57. The molecule has 0 unspecified atom stereocenters. The van der Waals surface area contributed by atoms with Crippen molar-refractivity contribution in [2.24, 2.45) is 4.99 Å². The molecule has 3 rings (SSSR count). The van der Waals surface area contributed by atoms with Crippen molar-refractivity contribution >= 4 is 29.9 Å². The lowest BCUT2D eigenvalue weighted by molar-refractivity contribution is -0.137. The Morgan fingerprint density at radius 3 is 2.53 bits per heavy atom. The number of hydrogen-bond acceptors (Lipinski definition) is 3. The largest absolute Gasteiger partial charge is 0.416 e. The predicted octanol–water partition coefficient (Wildman–Crippen LogP) is 4.41. The van der Waals surface area contributed by atoms with Gasteiger partial charge in [0.05, 0.1) is 5.56 Å². The van der Waals surface area contributed by atoms with Crippen LogP contribution in [0.2, 0.25) is 0 Å². The van der Waals surface area contributed by atoms with Gasteiger partial charge in [0.15, 0.2) is 5.96 Å². The Morgan fingerprint density at radius 1 is 1.25 bits per heavy atom. The normalized spacial score (nSPS) is 19.7. The number of rotatable bonds is 8. The lowest BCUT2D eigenvalue weighted by Gasteiger charge is -2.43. The number of nitrogens with zero attached hydrogens (tertiary/aromatic N) is 2. The quantitative estimate of drug-likeness (QED) is 0.211. The first-order chi connectivity index (χ1) is 14.9. The Hall–Kier alpha value is -1.07. The predicted molar refractivity (Wildman–Crippen MR) is 133 cm³/mol. The Bertz CT molecular complexity index is 732. The molecule has 2 N–H and O–H groups in total. The number of aliphatic imine (C=N–C) groups is 1. The molecular weight excluding hydrogens is 532 g/mol. The van der Waals surface area contributed by atoms with Crippen LogP contribution < -0.4 is 10.6 Å². The van der Waals surface area contributed by atoms with E-state index in [4.69, 9.17) is 4.74 Å². The summed E-state index contributed by atoms with van der Waals surface area (Å²) in [5, 5.41) is 6.91. The maximum absolute atomic E-state index is 13.2. The summed E-state index contributed by atoms with van der Waals surface area (Å²) in [5.74, 6) is 0.732. The highest BCUT2D eigenvalue weighted by atomic mass is 127. The van der Waals surface area contributed by atoms with E-state index in [1.54, 1.807) is 14.2 Å². The molecule has 1 aromatic carbocycles. The summed E-state index contributed by atoms with van der Waals surface area (Å²) >= 11 is 0. The second kappa shape index (κ2) is 12.4. The lowest BCUT2D eigenvalue weighted by Crippen LogP contribution is -2.52. The highest BCUT2D eigenvalue weighted by Gasteiger charge is 2.40. The molecule has 0 aromatic heterocycles. The second-order valence-electron chi connectivity index (χ2n) is 8.74. The van der Waals surface area contributed by atoms with Crippen molar-refractivity contribution in [3.63, 3.8) is 0 Å². The number of hydrogen-bond donors (Lipinski definition) is 2. The van der Waals surface area contributed by atoms with E-state index in [0.717, 1.165) is 82.4 Å². The third-order valence-corrected chi connectivity index (χ3v) is 6.68. The zero-order chi connectivity index (χ0) is 22.3. The molecular formula is C23H36F3IN4O. The van der Waals surface area contributed by atoms with Crippen molar-refractivity contribution in [1.29, 1.82) is 0 Å². The molecule has 182 valence electrons. The van der Waals surface area contributed by atoms with Crippen LogP contribution in [0.3, 0.4) is 0 Å². The Labute approximate surface area is 206 Å². The summed E-state index contributed by atoms with van der Waals surface area (Å²) in [7, 11) is 3.47. The zero-order valence-corrected chi connectivity index (χ0v) is 21.3. The van der Waals surface area contributed by atoms with Gasteiger partial charge in [-0.05, 0) is 43.7 Å². The molecule has 9 heteroatoms. The fraction of sp³-hybridized carbons (Fsp3) is 0.696. The fourth-order valence-electron chi connectivity index (χ4n) is 4.57. The Kier molecular flexibility index (Phi) is 10.5. The molecule has 0 bridgehead atoms. The number of halogens is 4. The Morgan fingerprint density at radius 2 is 1.97 bits per heavy atom. The van der Waals surface area contributed by atoms with Crippen LogP contribution in [-0.4, -0.2) is 63.8 Å². The van der Waals surface area contributed by atoms with Gasteiger partial charge in [0.2, 0.25) is 0 Å². The van der Waals surface area contributed by atoms with Crippen LogP contribution >= 0.6 is 24.0 Å². The number of piperidine rings is 1. The number of benzene rings is 1. The van der Waals surface area contributed by atoms with Gasteiger partial charge in [-0.1, -0.05) is 24.6 Å². The van der Waals surface area contributed by atoms with E-state index in [-0.39, 0.29) is 29.4 Å². The maximum atomic E-state index is 13.2. The average molecular weight is 568 g/mol. The minimum absolute atomic E-state index is 0. The summed E-state index contributed by atoms with van der Waals surface area (Å²) in [4.78, 5) is 6.82. The van der Waals surface area contributed by atoms with Crippen molar-refractivity contribution in [1.82, 2.24) is 15.5 Å². The van der Waals surface area contributed by atoms with Gasteiger partial charge in [-0.3, -0.25) is 4.99 Å². The molecule has 1 saturated heterocycles. The molecule has 0 amide bonds. The van der Waals surface area contributed by atoms with Gasteiger partial charge in [-0.2, -0.15) is 13.2 Å². The standard InChI is InChI=1S/C23H35F3N4O.HI/c1-27-21(29-20-8-13-30(14-9-20)12-5-15-31-2)28-17-22(10-4-11-22)18-6-3-7-19(16-18)23(24,25)26;/h3,6-7,16,20H,4-5,8-15,17H2,1-2H3,(H2,27,28,29);1H. The second-order valence-corrected chi connectivity index (χ2v) is 8.74. The number of likely N-dealkylation sites (tertiary alicyclic amines) is 1. The first kappa shape index (κ1) is 27.2. The van der Waals surface area contributed by atoms with Crippen LogP contribution in [0.5, 0.6) is 0 Å². The monoisotopic (exact) mass is 568 g/mol. The van der Waals surface area contributed by atoms with E-state index in [0.29, 0.717) is 12.6 Å². The summed E-state index contributed by atoms with van der Waals surface area (Å²) in [5.41, 5.74) is -0.0687. The average Bonchev–Trinajstić information content (AvgIpc) is 2.73. The van der Waals surface area contributed by atoms with Crippen LogP contribution in [0, 0.1) is 0 Å². The molecule has 1 heterocycles. The highest BCUT2D eigenvalue weighted by Crippen LogP contribution is 2.44. The molecule has 1 aliphatic carbocycles. The number of ether oxygens (including phenoxy) is 1. The smallest absolute Gasteiger partial charge is 0.385 e. The molecule has 5 nitrogen and oxygen atoms in total. The number of alkyl halides is 3. The van der Waals surface area contributed by atoms with Crippen LogP contribution in [0.15, 0.2) is 29.3 Å². The van der Waals surface area contributed by atoms with E-state index in [1.807, 2.05) is 6.07 Å². The van der Waals surface area contributed by atoms with Crippen LogP contribution in [0.4, 0.5) is 13.2 Å². The molecule has 1 aliphatic heterocycles. The summed E-state index contributed by atoms with van der Waals surface area (Å²) in [6.07, 6.45) is 1.64. The van der Waals surface area contributed by atoms with Gasteiger partial charge in [-0.15, -0.1) is 24.0 Å². The summed E-state index contributed by atoms with van der Waals surface area (Å²) < 4.78 is 44.6. The first-order valence-electron chi connectivity index (χ1n) is 11.2. The van der Waals surface area contributed by atoms with Crippen molar-refractivity contribution < 1.29 is 17.9 Å². The van der Waals surface area contributed by atoms with Gasteiger partial charge in [-0.25, -0.2) is 0 Å². The minimum atomic E-state index is -4.32. The van der Waals surface area contributed by atoms with Crippen LogP contribution in [-0.2, 0) is 16.3 Å². The van der Waals surface area contributed by atoms with E-state index in [1.165, 1.54) is 12.1 Å². The van der Waals surface area contributed by atoms with Gasteiger partial charge in [0.25, 0.3) is 0 Å². The van der Waals surface area contributed by atoms with E-state index in [2.05, 4.69) is 20.5 Å². The molecule has 0 spiro atoms. The topological polar surface area (TPSA) is 48.9 Å². The van der Waals surface area contributed by atoms with E-state index in [9.17, 15) is 13.2 Å². The summed E-state index contributed by atoms with van der Waals surface area (Å²) in [6, 6.07) is 6.16. The van der Waals surface area contributed by atoms with Gasteiger partial charge < -0.3 is 20.3 Å². The molecule has 2 aliphatic rings. The number of guanidine groups is 1. The maximum Gasteiger partial charge on any atom is 0.416 e. The van der Waals surface area contributed by atoms with Gasteiger partial charge in [0.1, 0.15) is 0 Å². The molecule has 32 heavy (non-hydrogen) atoms. The zero-order valence-electron chi connectivity index (χ0n) is 19.0. The number of nitrogens with one attached hydrogen (secondary N) is 2. The van der Waals surface area contributed by atoms with Crippen LogP contribution in [0.25, 0.3) is 0 Å². The molecule has 0 atom stereocenters. The first-order valence-corrected chi connectivity index (χ1v) is 11.2. The molecule has 2 fully saturated rings. The lowest BCUT2D eigenvalue weighted by atomic mass is 9.64. The Balaban J connectivity index is 0.00000363. The van der Waals surface area contributed by atoms with Crippen molar-refractivity contribution in [2.45, 2.75) is 56.2 Å². The van der Waals surface area contributed by atoms with Crippen molar-refractivity contribution in [2.75, 3.05) is 46.9 Å². The van der Waals surface area contributed by atoms with Crippen LogP contribution in [0.1, 0.15) is 49.7 Å². The number of methoxy groups -OCH3 is 1. The van der Waals surface area contributed by atoms with E-state index < -0.39 is 11.7 Å². The van der Waals surface area contributed by atoms with Gasteiger partial charge >= 0.3 is 6.18 Å². The third-order valence-electron chi connectivity index (χ3n) is 6.68. The minimum Gasteiger partial charge on any atom is -0.385 e. The molecule has 1 saturated carbocycles. The van der Waals surface area contributed by atoms with Crippen molar-refractivity contribution in [3.8, 4) is 0 Å². The molecule has 1 aromatic rings. The summed E-state index contributed by atoms with van der Waals surface area (Å²) in [6.45, 7) is 4.54. The third kappa shape index (κ3) is 7.21. The highest BCUT2D eigenvalue weighted by molar-refractivity contribution is 14.0. The molecule has 0 radical (unpaired) electrons. The SMILES string of the molecule is CN=C(NCC1(c2cccc(C(F)(F)F)c2)CCC1)NC1CCN(CCCOC)CC1.I.